The Morgan fingerprint density at radius 1 is 1.26 bits per heavy atom. The number of hydrogen-bond donors (Lipinski definition) is 1. The zero-order valence-electron chi connectivity index (χ0n) is 16.8. The molecule has 0 atom stereocenters. The maximum Gasteiger partial charge on any atom is 0.266 e. The number of anilines is 1. The standard InChI is InChI=1S/C22H20N2O5S2/c1-27-16-6-3-2-5-15(16)23-20(25)7-4-10-24-21(26)19(31-22(24)30)12-14-8-9-17-18(11-14)29-13-28-17/h2-3,5-6,8-9,11-12H,4,7,10,13H2,1H3,(H,23,25). The van der Waals surface area contributed by atoms with Crippen LogP contribution in [0.4, 0.5) is 5.69 Å². The Morgan fingerprint density at radius 2 is 2.06 bits per heavy atom. The Hall–Kier alpha value is -3.04. The van der Waals surface area contributed by atoms with Gasteiger partial charge in [-0.3, -0.25) is 14.5 Å². The molecule has 2 aromatic carbocycles. The van der Waals surface area contributed by atoms with E-state index in [-0.39, 0.29) is 25.0 Å². The summed E-state index contributed by atoms with van der Waals surface area (Å²) in [5.74, 6) is 1.64. The highest BCUT2D eigenvalue weighted by Gasteiger charge is 2.31. The molecule has 1 fully saturated rings. The number of hydrogen-bond acceptors (Lipinski definition) is 7. The van der Waals surface area contributed by atoms with E-state index in [1.54, 1.807) is 25.3 Å². The van der Waals surface area contributed by atoms with Gasteiger partial charge in [0.25, 0.3) is 5.91 Å². The van der Waals surface area contributed by atoms with E-state index in [0.717, 1.165) is 5.56 Å². The SMILES string of the molecule is COc1ccccc1NC(=O)CCCN1C(=O)C(=Cc2ccc3c(c2)OCO3)SC1=S. The van der Waals surface area contributed by atoms with E-state index in [4.69, 9.17) is 26.4 Å². The molecule has 2 aliphatic heterocycles. The number of nitrogens with zero attached hydrogens (tertiary/aromatic N) is 1. The van der Waals surface area contributed by atoms with E-state index >= 15 is 0 Å². The van der Waals surface area contributed by atoms with Crippen LogP contribution < -0.4 is 19.5 Å². The van der Waals surface area contributed by atoms with E-state index in [9.17, 15) is 9.59 Å². The van der Waals surface area contributed by atoms with Gasteiger partial charge in [0.1, 0.15) is 10.1 Å². The number of benzene rings is 2. The molecule has 160 valence electrons. The van der Waals surface area contributed by atoms with Crippen LogP contribution in [0.15, 0.2) is 47.4 Å². The highest BCUT2D eigenvalue weighted by atomic mass is 32.2. The van der Waals surface area contributed by atoms with Gasteiger partial charge >= 0.3 is 0 Å². The third kappa shape index (κ3) is 4.83. The Bertz CT molecular complexity index is 1070. The molecule has 0 aliphatic carbocycles. The van der Waals surface area contributed by atoms with Crippen molar-refractivity contribution in [2.45, 2.75) is 12.8 Å². The van der Waals surface area contributed by atoms with E-state index in [1.807, 2.05) is 30.3 Å². The maximum absolute atomic E-state index is 12.8. The lowest BCUT2D eigenvalue weighted by atomic mass is 10.2. The zero-order valence-corrected chi connectivity index (χ0v) is 18.4. The van der Waals surface area contributed by atoms with Crippen molar-refractivity contribution < 1.29 is 23.8 Å². The molecule has 2 aromatic rings. The Balaban J connectivity index is 1.32. The van der Waals surface area contributed by atoms with Gasteiger partial charge < -0.3 is 19.5 Å². The number of carbonyl (C=O) groups excluding carboxylic acids is 2. The van der Waals surface area contributed by atoms with Crippen molar-refractivity contribution in [3.05, 3.63) is 52.9 Å². The Labute approximate surface area is 189 Å². The summed E-state index contributed by atoms with van der Waals surface area (Å²) in [5, 5.41) is 2.83. The normalized spacial score (nSPS) is 16.2. The molecule has 31 heavy (non-hydrogen) atoms. The number of carbonyl (C=O) groups is 2. The predicted octanol–water partition coefficient (Wildman–Crippen LogP) is 4.04. The van der Waals surface area contributed by atoms with Crippen molar-refractivity contribution in [1.29, 1.82) is 0 Å². The van der Waals surface area contributed by atoms with Crippen LogP contribution in [0.2, 0.25) is 0 Å². The van der Waals surface area contributed by atoms with Gasteiger partial charge in [-0.05, 0) is 42.3 Å². The van der Waals surface area contributed by atoms with Crippen LogP contribution in [0.5, 0.6) is 17.2 Å². The molecule has 4 rings (SSSR count). The average molecular weight is 457 g/mol. The van der Waals surface area contributed by atoms with Crippen LogP contribution in [0.1, 0.15) is 18.4 Å². The summed E-state index contributed by atoms with van der Waals surface area (Å²) in [5.41, 5.74) is 1.45. The molecule has 7 nitrogen and oxygen atoms in total. The number of nitrogens with one attached hydrogen (secondary N) is 1. The molecule has 9 heteroatoms. The molecule has 2 heterocycles. The fourth-order valence-electron chi connectivity index (χ4n) is 3.21. The van der Waals surface area contributed by atoms with Gasteiger partial charge in [-0.15, -0.1) is 0 Å². The first-order valence-corrected chi connectivity index (χ1v) is 10.9. The van der Waals surface area contributed by atoms with Crippen LogP contribution in [-0.4, -0.2) is 41.5 Å². The summed E-state index contributed by atoms with van der Waals surface area (Å²) >= 11 is 6.63. The highest BCUT2D eigenvalue weighted by molar-refractivity contribution is 8.26. The summed E-state index contributed by atoms with van der Waals surface area (Å²) in [7, 11) is 1.55. The second kappa shape index (κ2) is 9.40. The third-order valence-corrected chi connectivity index (χ3v) is 6.11. The lowest BCUT2D eigenvalue weighted by Crippen LogP contribution is -2.29. The van der Waals surface area contributed by atoms with Crippen molar-refractivity contribution in [1.82, 2.24) is 4.90 Å². The summed E-state index contributed by atoms with van der Waals surface area (Å²) in [6.07, 6.45) is 2.54. The van der Waals surface area contributed by atoms with Crippen molar-refractivity contribution in [3.63, 3.8) is 0 Å². The molecule has 0 unspecified atom stereocenters. The smallest absolute Gasteiger partial charge is 0.266 e. The van der Waals surface area contributed by atoms with E-state index in [0.29, 0.717) is 45.1 Å². The largest absolute Gasteiger partial charge is 0.495 e. The quantitative estimate of drug-likeness (QED) is 0.498. The number of methoxy groups -OCH3 is 1. The average Bonchev–Trinajstić information content (AvgIpc) is 3.33. The lowest BCUT2D eigenvalue weighted by Gasteiger charge is -2.14. The number of rotatable bonds is 7. The van der Waals surface area contributed by atoms with Crippen LogP contribution in [-0.2, 0) is 9.59 Å². The number of para-hydroxylation sites is 2. The van der Waals surface area contributed by atoms with Crippen molar-refractivity contribution in [3.8, 4) is 17.2 Å². The summed E-state index contributed by atoms with van der Waals surface area (Å²) in [4.78, 5) is 27.1. The lowest BCUT2D eigenvalue weighted by molar-refractivity contribution is -0.122. The molecule has 0 aromatic heterocycles. The topological polar surface area (TPSA) is 77.1 Å². The number of amides is 2. The van der Waals surface area contributed by atoms with Gasteiger partial charge in [-0.25, -0.2) is 0 Å². The molecule has 0 radical (unpaired) electrons. The molecule has 0 saturated carbocycles. The summed E-state index contributed by atoms with van der Waals surface area (Å²) in [6.45, 7) is 0.577. The maximum atomic E-state index is 12.8. The molecular formula is C22H20N2O5S2. The first kappa shape index (κ1) is 21.2. The molecule has 1 saturated heterocycles. The minimum atomic E-state index is -0.155. The number of thiocarbonyl (C=S) groups is 1. The first-order chi connectivity index (χ1) is 15.0. The molecule has 1 N–H and O–H groups in total. The van der Waals surface area contributed by atoms with E-state index in [1.165, 1.54) is 16.7 Å². The Morgan fingerprint density at radius 3 is 2.90 bits per heavy atom. The number of ether oxygens (including phenoxy) is 3. The first-order valence-electron chi connectivity index (χ1n) is 9.63. The molecular weight excluding hydrogens is 436 g/mol. The van der Waals surface area contributed by atoms with Gasteiger partial charge in [-0.2, -0.15) is 0 Å². The van der Waals surface area contributed by atoms with Crippen LogP contribution in [0, 0.1) is 0 Å². The molecule has 2 aliphatic rings. The second-order valence-electron chi connectivity index (χ2n) is 6.80. The van der Waals surface area contributed by atoms with Crippen LogP contribution in [0.3, 0.4) is 0 Å². The van der Waals surface area contributed by atoms with Gasteiger partial charge in [0.05, 0.1) is 17.7 Å². The van der Waals surface area contributed by atoms with Crippen molar-refractivity contribution in [2.24, 2.45) is 0 Å². The van der Waals surface area contributed by atoms with Gasteiger partial charge in [0.2, 0.25) is 12.7 Å². The molecule has 0 bridgehead atoms. The number of fused-ring (bicyclic) bond motifs is 1. The minimum Gasteiger partial charge on any atom is -0.495 e. The van der Waals surface area contributed by atoms with Crippen molar-refractivity contribution in [2.75, 3.05) is 25.8 Å². The predicted molar refractivity (Wildman–Crippen MR) is 123 cm³/mol. The highest BCUT2D eigenvalue weighted by Crippen LogP contribution is 2.36. The fourth-order valence-corrected chi connectivity index (χ4v) is 4.51. The van der Waals surface area contributed by atoms with E-state index < -0.39 is 0 Å². The molecule has 0 spiro atoms. The minimum absolute atomic E-state index is 0.147. The van der Waals surface area contributed by atoms with Gasteiger partial charge in [0, 0.05) is 13.0 Å². The third-order valence-electron chi connectivity index (χ3n) is 4.73. The Kier molecular flexibility index (Phi) is 6.43. The number of thioether (sulfide) groups is 1. The summed E-state index contributed by atoms with van der Waals surface area (Å²) < 4.78 is 16.4. The molecule has 2 amide bonds. The van der Waals surface area contributed by atoms with Crippen LogP contribution >= 0.6 is 24.0 Å². The monoisotopic (exact) mass is 456 g/mol. The summed E-state index contributed by atoms with van der Waals surface area (Å²) in [6, 6.07) is 12.7. The fraction of sp³-hybridized carbons (Fsp3) is 0.227. The van der Waals surface area contributed by atoms with Crippen LogP contribution in [0.25, 0.3) is 6.08 Å². The van der Waals surface area contributed by atoms with E-state index in [2.05, 4.69) is 5.32 Å². The van der Waals surface area contributed by atoms with Crippen molar-refractivity contribution >= 4 is 51.9 Å². The zero-order chi connectivity index (χ0) is 21.8. The van der Waals surface area contributed by atoms with Gasteiger partial charge in [-0.1, -0.05) is 42.2 Å². The second-order valence-corrected chi connectivity index (χ2v) is 8.47. The van der Waals surface area contributed by atoms with Gasteiger partial charge in [0.15, 0.2) is 11.5 Å².